The van der Waals surface area contributed by atoms with Gasteiger partial charge in [-0.2, -0.15) is 0 Å². The molecule has 0 aromatic carbocycles. The molecule has 5 nitrogen and oxygen atoms in total. The van der Waals surface area contributed by atoms with Gasteiger partial charge in [-0.1, -0.05) is 46.0 Å². The van der Waals surface area contributed by atoms with Crippen LogP contribution in [0, 0.1) is 11.8 Å². The highest BCUT2D eigenvalue weighted by Crippen LogP contribution is 2.29. The van der Waals surface area contributed by atoms with Crippen molar-refractivity contribution in [2.24, 2.45) is 17.6 Å². The Bertz CT molecular complexity index is 377. The molecular weight excluding hydrogens is 304 g/mol. The van der Waals surface area contributed by atoms with E-state index in [9.17, 15) is 9.90 Å². The van der Waals surface area contributed by atoms with Crippen LogP contribution >= 0.6 is 0 Å². The molecular formula is C19H36N2O3. The Morgan fingerprint density at radius 2 is 1.92 bits per heavy atom. The lowest BCUT2D eigenvalue weighted by molar-refractivity contribution is -0.125. The molecule has 1 amide bonds. The number of ether oxygens (including phenoxy) is 1. The highest BCUT2D eigenvalue weighted by molar-refractivity contribution is 5.81. The summed E-state index contributed by atoms with van der Waals surface area (Å²) >= 11 is 0. The van der Waals surface area contributed by atoms with E-state index >= 15 is 0 Å². The molecule has 0 aromatic heterocycles. The summed E-state index contributed by atoms with van der Waals surface area (Å²) in [6.45, 7) is 4.83. The highest BCUT2D eigenvalue weighted by atomic mass is 16.5. The fourth-order valence-electron chi connectivity index (χ4n) is 4.10. The molecule has 1 aliphatic carbocycles. The van der Waals surface area contributed by atoms with Crippen molar-refractivity contribution in [1.29, 1.82) is 0 Å². The largest absolute Gasteiger partial charge is 0.388 e. The third-order valence-corrected chi connectivity index (χ3v) is 5.46. The summed E-state index contributed by atoms with van der Waals surface area (Å²) in [5.41, 5.74) is 6.03. The summed E-state index contributed by atoms with van der Waals surface area (Å²) in [6, 6.07) is -0.752. The molecule has 24 heavy (non-hydrogen) atoms. The Kier molecular flexibility index (Phi) is 7.98. The van der Waals surface area contributed by atoms with Crippen LogP contribution in [0.3, 0.4) is 0 Å². The van der Waals surface area contributed by atoms with Crippen LogP contribution in [0.4, 0.5) is 0 Å². The molecule has 2 fully saturated rings. The number of carbonyl (C=O) groups is 1. The molecule has 1 saturated carbocycles. The van der Waals surface area contributed by atoms with E-state index in [0.717, 1.165) is 19.3 Å². The minimum absolute atomic E-state index is 0.137. The van der Waals surface area contributed by atoms with Gasteiger partial charge in [-0.15, -0.1) is 0 Å². The number of rotatable bonds is 8. The molecule has 1 aliphatic heterocycles. The van der Waals surface area contributed by atoms with Gasteiger partial charge in [0.05, 0.1) is 18.2 Å². The molecule has 4 N–H and O–H groups in total. The highest BCUT2D eigenvalue weighted by Gasteiger charge is 2.34. The quantitative estimate of drug-likeness (QED) is 0.633. The second-order valence-corrected chi connectivity index (χ2v) is 8.13. The van der Waals surface area contributed by atoms with Crippen LogP contribution in [-0.4, -0.2) is 41.9 Å². The smallest absolute Gasteiger partial charge is 0.237 e. The minimum Gasteiger partial charge on any atom is -0.388 e. The van der Waals surface area contributed by atoms with E-state index in [0.29, 0.717) is 24.9 Å². The predicted octanol–water partition coefficient (Wildman–Crippen LogP) is 2.35. The topological polar surface area (TPSA) is 84.6 Å². The molecule has 5 heteroatoms. The van der Waals surface area contributed by atoms with E-state index in [1.165, 1.54) is 32.1 Å². The molecule has 1 heterocycles. The number of aliphatic hydroxyl groups is 1. The normalized spacial score (nSPS) is 26.3. The van der Waals surface area contributed by atoms with Crippen LogP contribution < -0.4 is 11.1 Å². The third kappa shape index (κ3) is 6.01. The van der Waals surface area contributed by atoms with Gasteiger partial charge in [-0.3, -0.25) is 4.79 Å². The SMILES string of the molecule is CC(C)C[C@H](N)C(=O)N[C@@H](CC1CCCCC1)[C@@H](O)[C@@H]1CCCO1. The van der Waals surface area contributed by atoms with E-state index in [1.807, 2.05) is 0 Å². The zero-order valence-electron chi connectivity index (χ0n) is 15.4. The van der Waals surface area contributed by atoms with Gasteiger partial charge in [0.25, 0.3) is 0 Å². The lowest BCUT2D eigenvalue weighted by atomic mass is 9.82. The number of nitrogens with one attached hydrogen (secondary N) is 1. The first-order valence-corrected chi connectivity index (χ1v) is 9.83. The van der Waals surface area contributed by atoms with Crippen molar-refractivity contribution < 1.29 is 14.6 Å². The summed E-state index contributed by atoms with van der Waals surface area (Å²) in [5, 5.41) is 13.8. The average Bonchev–Trinajstić information content (AvgIpc) is 3.08. The Hall–Kier alpha value is -0.650. The lowest BCUT2D eigenvalue weighted by Crippen LogP contribution is -2.53. The number of carbonyl (C=O) groups excluding carboxylic acids is 1. The van der Waals surface area contributed by atoms with Gasteiger partial charge >= 0.3 is 0 Å². The summed E-state index contributed by atoms with van der Waals surface area (Å²) in [4.78, 5) is 12.5. The third-order valence-electron chi connectivity index (χ3n) is 5.46. The van der Waals surface area contributed by atoms with Crippen LogP contribution in [0.25, 0.3) is 0 Å². The van der Waals surface area contributed by atoms with E-state index in [1.54, 1.807) is 0 Å². The van der Waals surface area contributed by atoms with Crippen molar-refractivity contribution in [3.63, 3.8) is 0 Å². The van der Waals surface area contributed by atoms with Gasteiger partial charge in [0.2, 0.25) is 5.91 Å². The van der Waals surface area contributed by atoms with Gasteiger partial charge < -0.3 is 20.9 Å². The van der Waals surface area contributed by atoms with Gasteiger partial charge in [0.1, 0.15) is 6.10 Å². The molecule has 1 saturated heterocycles. The molecule has 2 aliphatic rings. The number of aliphatic hydroxyl groups excluding tert-OH is 1. The fraction of sp³-hybridized carbons (Fsp3) is 0.947. The maximum absolute atomic E-state index is 12.5. The van der Waals surface area contributed by atoms with Crippen molar-refractivity contribution in [1.82, 2.24) is 5.32 Å². The zero-order chi connectivity index (χ0) is 17.5. The van der Waals surface area contributed by atoms with Crippen molar-refractivity contribution in [3.8, 4) is 0 Å². The van der Waals surface area contributed by atoms with Crippen LogP contribution in [0.15, 0.2) is 0 Å². The number of amides is 1. The second kappa shape index (κ2) is 9.73. The predicted molar refractivity (Wildman–Crippen MR) is 95.5 cm³/mol. The van der Waals surface area contributed by atoms with Gasteiger partial charge in [-0.05, 0) is 37.5 Å². The fourth-order valence-corrected chi connectivity index (χ4v) is 4.10. The standard InChI is InChI=1S/C19H36N2O3/c1-13(2)11-15(20)19(23)21-16(12-14-7-4-3-5-8-14)18(22)17-9-6-10-24-17/h13-18,22H,3-12,20H2,1-2H3,(H,21,23)/t15-,16-,17-,18+/m0/s1. The summed E-state index contributed by atoms with van der Waals surface area (Å²) in [7, 11) is 0. The minimum atomic E-state index is -0.635. The first kappa shape index (κ1) is 19.7. The van der Waals surface area contributed by atoms with Crippen LogP contribution in [0.1, 0.15) is 71.6 Å². The molecule has 0 radical (unpaired) electrons. The Balaban J connectivity index is 1.96. The van der Waals surface area contributed by atoms with Crippen molar-refractivity contribution in [2.45, 2.75) is 95.9 Å². The lowest BCUT2D eigenvalue weighted by Gasteiger charge is -2.33. The maximum Gasteiger partial charge on any atom is 0.237 e. The van der Waals surface area contributed by atoms with Gasteiger partial charge in [0, 0.05) is 6.61 Å². The Labute approximate surface area is 146 Å². The number of nitrogens with two attached hydrogens (primary N) is 1. The average molecular weight is 341 g/mol. The molecule has 4 atom stereocenters. The van der Waals surface area contributed by atoms with Crippen molar-refractivity contribution >= 4 is 5.91 Å². The molecule has 0 aromatic rings. The first-order valence-electron chi connectivity index (χ1n) is 9.83. The summed E-state index contributed by atoms with van der Waals surface area (Å²) < 4.78 is 5.66. The van der Waals surface area contributed by atoms with Crippen molar-refractivity contribution in [2.75, 3.05) is 6.61 Å². The van der Waals surface area contributed by atoms with Crippen LogP contribution in [0.2, 0.25) is 0 Å². The number of hydrogen-bond donors (Lipinski definition) is 3. The molecule has 2 rings (SSSR count). The Morgan fingerprint density at radius 1 is 1.21 bits per heavy atom. The van der Waals surface area contributed by atoms with Gasteiger partial charge in [-0.25, -0.2) is 0 Å². The molecule has 0 spiro atoms. The van der Waals surface area contributed by atoms with E-state index in [2.05, 4.69) is 19.2 Å². The Morgan fingerprint density at radius 3 is 2.50 bits per heavy atom. The molecule has 0 bridgehead atoms. The first-order chi connectivity index (χ1) is 11.5. The molecule has 140 valence electrons. The summed E-state index contributed by atoms with van der Waals surface area (Å²) in [5.74, 6) is 0.827. The molecule has 0 unspecified atom stereocenters. The van der Waals surface area contributed by atoms with Crippen LogP contribution in [0.5, 0.6) is 0 Å². The monoisotopic (exact) mass is 340 g/mol. The van der Waals surface area contributed by atoms with Crippen molar-refractivity contribution in [3.05, 3.63) is 0 Å². The maximum atomic E-state index is 12.5. The van der Waals surface area contributed by atoms with E-state index in [4.69, 9.17) is 10.5 Å². The van der Waals surface area contributed by atoms with Crippen LogP contribution in [-0.2, 0) is 9.53 Å². The second-order valence-electron chi connectivity index (χ2n) is 8.13. The van der Waals surface area contributed by atoms with E-state index < -0.39 is 12.1 Å². The van der Waals surface area contributed by atoms with E-state index in [-0.39, 0.29) is 18.1 Å². The number of hydrogen-bond acceptors (Lipinski definition) is 4. The zero-order valence-corrected chi connectivity index (χ0v) is 15.4. The summed E-state index contributed by atoms with van der Waals surface area (Å²) in [6.07, 6.45) is 8.79. The van der Waals surface area contributed by atoms with Gasteiger partial charge in [0.15, 0.2) is 0 Å².